The molecular weight excluding hydrogens is 374 g/mol. The quantitative estimate of drug-likeness (QED) is 0.746. The molecule has 0 atom stereocenters. The summed E-state index contributed by atoms with van der Waals surface area (Å²) in [5.41, 5.74) is 2.83. The van der Waals surface area contributed by atoms with Crippen molar-refractivity contribution < 1.29 is 17.2 Å². The zero-order valence-electron chi connectivity index (χ0n) is 14.4. The molecule has 0 bridgehead atoms. The van der Waals surface area contributed by atoms with E-state index in [0.29, 0.717) is 36.2 Å². The summed E-state index contributed by atoms with van der Waals surface area (Å²) in [5.74, 6) is -1.35. The molecule has 1 aliphatic rings. The number of H-pyrrole nitrogens is 1. The highest BCUT2D eigenvalue weighted by Gasteiger charge is 2.22. The molecule has 0 saturated heterocycles. The SMILES string of the molecule is CS(=O)(=O)N1CC=C(c2cc3c(-c4ccc(F)cc4F)ncnc3[nH]2)CC1. The van der Waals surface area contributed by atoms with Crippen LogP contribution in [0.15, 0.2) is 36.7 Å². The molecule has 0 spiro atoms. The second-order valence-electron chi connectivity index (χ2n) is 6.39. The predicted molar refractivity (Wildman–Crippen MR) is 98.3 cm³/mol. The molecule has 0 fully saturated rings. The summed E-state index contributed by atoms with van der Waals surface area (Å²) < 4.78 is 52.1. The smallest absolute Gasteiger partial charge is 0.211 e. The van der Waals surface area contributed by atoms with E-state index in [1.807, 2.05) is 12.1 Å². The summed E-state index contributed by atoms with van der Waals surface area (Å²) in [5, 5.41) is 0.615. The highest BCUT2D eigenvalue weighted by Crippen LogP contribution is 2.31. The summed E-state index contributed by atoms with van der Waals surface area (Å²) in [6.07, 6.45) is 4.91. The first-order valence-electron chi connectivity index (χ1n) is 8.26. The number of hydrogen-bond acceptors (Lipinski definition) is 4. The van der Waals surface area contributed by atoms with E-state index in [2.05, 4.69) is 15.0 Å². The monoisotopic (exact) mass is 390 g/mol. The first-order chi connectivity index (χ1) is 12.8. The first kappa shape index (κ1) is 17.7. The number of nitrogens with one attached hydrogen (secondary N) is 1. The van der Waals surface area contributed by atoms with Gasteiger partial charge >= 0.3 is 0 Å². The van der Waals surface area contributed by atoms with Crippen LogP contribution in [0, 0.1) is 11.6 Å². The fraction of sp³-hybridized carbons (Fsp3) is 0.222. The van der Waals surface area contributed by atoms with E-state index in [9.17, 15) is 17.2 Å². The third kappa shape index (κ3) is 3.35. The van der Waals surface area contributed by atoms with Crippen molar-refractivity contribution in [2.45, 2.75) is 6.42 Å². The van der Waals surface area contributed by atoms with Gasteiger partial charge in [-0.25, -0.2) is 27.2 Å². The van der Waals surface area contributed by atoms with E-state index in [4.69, 9.17) is 0 Å². The van der Waals surface area contributed by atoms with Gasteiger partial charge in [0.2, 0.25) is 10.0 Å². The molecule has 9 heteroatoms. The Labute approximate surface area is 154 Å². The molecule has 3 heterocycles. The highest BCUT2D eigenvalue weighted by atomic mass is 32.2. The average Bonchev–Trinajstić information content (AvgIpc) is 3.06. The lowest BCUT2D eigenvalue weighted by atomic mass is 10.0. The minimum atomic E-state index is -3.22. The van der Waals surface area contributed by atoms with Crippen LogP contribution in [-0.4, -0.2) is 47.0 Å². The maximum absolute atomic E-state index is 14.2. The van der Waals surface area contributed by atoms with E-state index >= 15 is 0 Å². The molecule has 0 aliphatic carbocycles. The summed E-state index contributed by atoms with van der Waals surface area (Å²) >= 11 is 0. The van der Waals surface area contributed by atoms with Gasteiger partial charge in [0.05, 0.1) is 11.9 Å². The lowest BCUT2D eigenvalue weighted by Crippen LogP contribution is -2.33. The Morgan fingerprint density at radius 3 is 2.67 bits per heavy atom. The fourth-order valence-electron chi connectivity index (χ4n) is 3.21. The number of sulfonamides is 1. The molecule has 0 saturated carbocycles. The van der Waals surface area contributed by atoms with E-state index in [-0.39, 0.29) is 5.56 Å². The predicted octanol–water partition coefficient (Wildman–Crippen LogP) is 2.95. The van der Waals surface area contributed by atoms with Crippen LogP contribution in [0.4, 0.5) is 8.78 Å². The number of halogens is 2. The largest absolute Gasteiger partial charge is 0.339 e. The van der Waals surface area contributed by atoms with Crippen molar-refractivity contribution in [3.8, 4) is 11.3 Å². The Hall–Kier alpha value is -2.65. The third-order valence-corrected chi connectivity index (χ3v) is 5.87. The molecule has 2 aromatic heterocycles. The van der Waals surface area contributed by atoms with Crippen molar-refractivity contribution in [3.05, 3.63) is 54.0 Å². The van der Waals surface area contributed by atoms with Crippen molar-refractivity contribution in [2.24, 2.45) is 0 Å². The lowest BCUT2D eigenvalue weighted by Gasteiger charge is -2.23. The van der Waals surface area contributed by atoms with Crippen molar-refractivity contribution >= 4 is 26.6 Å². The Kier molecular flexibility index (Phi) is 4.27. The maximum atomic E-state index is 14.2. The minimum Gasteiger partial charge on any atom is -0.339 e. The van der Waals surface area contributed by atoms with Gasteiger partial charge in [0.25, 0.3) is 0 Å². The molecule has 1 N–H and O–H groups in total. The van der Waals surface area contributed by atoms with Gasteiger partial charge in [0.15, 0.2) is 0 Å². The van der Waals surface area contributed by atoms with Crippen LogP contribution in [0.3, 0.4) is 0 Å². The highest BCUT2D eigenvalue weighted by molar-refractivity contribution is 7.88. The van der Waals surface area contributed by atoms with Crippen LogP contribution in [-0.2, 0) is 10.0 Å². The molecule has 0 radical (unpaired) electrons. The second-order valence-corrected chi connectivity index (χ2v) is 8.37. The van der Waals surface area contributed by atoms with Crippen LogP contribution < -0.4 is 0 Å². The number of rotatable bonds is 3. The van der Waals surface area contributed by atoms with Gasteiger partial charge in [-0.05, 0) is 30.2 Å². The normalized spacial score (nSPS) is 15.9. The minimum absolute atomic E-state index is 0.190. The number of fused-ring (bicyclic) bond motifs is 1. The van der Waals surface area contributed by atoms with E-state index < -0.39 is 21.7 Å². The van der Waals surface area contributed by atoms with Crippen molar-refractivity contribution in [2.75, 3.05) is 19.3 Å². The van der Waals surface area contributed by atoms with Crippen molar-refractivity contribution in [1.82, 2.24) is 19.3 Å². The van der Waals surface area contributed by atoms with Crippen LogP contribution >= 0.6 is 0 Å². The fourth-order valence-corrected chi connectivity index (χ4v) is 3.97. The number of aromatic amines is 1. The van der Waals surface area contributed by atoms with Crippen LogP contribution in [0.25, 0.3) is 27.9 Å². The Morgan fingerprint density at radius 1 is 1.19 bits per heavy atom. The number of benzene rings is 1. The van der Waals surface area contributed by atoms with Crippen LogP contribution in [0.1, 0.15) is 12.1 Å². The number of nitrogens with zero attached hydrogens (tertiary/aromatic N) is 3. The summed E-state index contributed by atoms with van der Waals surface area (Å²) in [4.78, 5) is 11.5. The van der Waals surface area contributed by atoms with Crippen LogP contribution in [0.2, 0.25) is 0 Å². The number of aromatic nitrogens is 3. The molecule has 0 amide bonds. The number of hydrogen-bond donors (Lipinski definition) is 1. The lowest BCUT2D eigenvalue weighted by molar-refractivity contribution is 0.445. The van der Waals surface area contributed by atoms with Gasteiger partial charge in [-0.3, -0.25) is 0 Å². The maximum Gasteiger partial charge on any atom is 0.211 e. The Balaban J connectivity index is 1.75. The molecule has 3 aromatic rings. The van der Waals surface area contributed by atoms with Gasteiger partial charge < -0.3 is 4.98 Å². The van der Waals surface area contributed by atoms with E-state index in [1.165, 1.54) is 29.0 Å². The molecule has 1 aromatic carbocycles. The topological polar surface area (TPSA) is 79.0 Å². The summed E-state index contributed by atoms with van der Waals surface area (Å²) in [6, 6.07) is 5.17. The molecule has 0 unspecified atom stereocenters. The average molecular weight is 390 g/mol. The zero-order valence-corrected chi connectivity index (χ0v) is 15.2. The zero-order chi connectivity index (χ0) is 19.2. The van der Waals surface area contributed by atoms with Crippen LogP contribution in [0.5, 0.6) is 0 Å². The van der Waals surface area contributed by atoms with Gasteiger partial charge in [-0.2, -0.15) is 4.31 Å². The van der Waals surface area contributed by atoms with Crippen molar-refractivity contribution in [3.63, 3.8) is 0 Å². The Morgan fingerprint density at radius 2 is 2.00 bits per heavy atom. The first-order valence-corrected chi connectivity index (χ1v) is 10.1. The van der Waals surface area contributed by atoms with Gasteiger partial charge in [-0.15, -0.1) is 0 Å². The summed E-state index contributed by atoms with van der Waals surface area (Å²) in [6.45, 7) is 0.694. The van der Waals surface area contributed by atoms with Crippen molar-refractivity contribution in [1.29, 1.82) is 0 Å². The Bertz CT molecular complexity index is 1170. The van der Waals surface area contributed by atoms with E-state index in [1.54, 1.807) is 0 Å². The second kappa shape index (κ2) is 6.50. The van der Waals surface area contributed by atoms with Gasteiger partial charge in [-0.1, -0.05) is 6.08 Å². The van der Waals surface area contributed by atoms with Gasteiger partial charge in [0, 0.05) is 35.8 Å². The molecule has 4 rings (SSSR count). The third-order valence-electron chi connectivity index (χ3n) is 4.60. The van der Waals surface area contributed by atoms with E-state index in [0.717, 1.165) is 17.3 Å². The molecule has 1 aliphatic heterocycles. The van der Waals surface area contributed by atoms with Gasteiger partial charge in [0.1, 0.15) is 23.6 Å². The summed E-state index contributed by atoms with van der Waals surface area (Å²) in [7, 11) is -3.22. The molecule has 6 nitrogen and oxygen atoms in total. The molecular formula is C18H16F2N4O2S. The molecule has 140 valence electrons. The standard InChI is InChI=1S/C18H16F2N4O2S/c1-27(25,26)24-6-4-11(5-7-24)16-9-14-17(21-10-22-18(14)23-16)13-3-2-12(19)8-15(13)20/h2-4,8-10H,5-7H2,1H3,(H,21,22,23). The molecule has 27 heavy (non-hydrogen) atoms.